The van der Waals surface area contributed by atoms with Gasteiger partial charge in [-0.25, -0.2) is 13.4 Å². The number of nitrogens with one attached hydrogen (secondary N) is 1. The summed E-state index contributed by atoms with van der Waals surface area (Å²) in [4.78, 5) is 4.11. The van der Waals surface area contributed by atoms with E-state index in [4.69, 9.17) is 0 Å². The highest BCUT2D eigenvalue weighted by Crippen LogP contribution is 1.95. The van der Waals surface area contributed by atoms with E-state index in [1.165, 1.54) is 0 Å². The van der Waals surface area contributed by atoms with Gasteiger partial charge in [0.05, 0.1) is 18.8 Å². The molecule has 1 rings (SSSR count). The van der Waals surface area contributed by atoms with Crippen LogP contribution in [0.2, 0.25) is 0 Å². The van der Waals surface area contributed by atoms with E-state index < -0.39 is 9.84 Å². The van der Waals surface area contributed by atoms with Crippen LogP contribution in [0.5, 0.6) is 0 Å². The molecule has 0 spiro atoms. The van der Waals surface area contributed by atoms with Gasteiger partial charge in [-0.3, -0.25) is 4.68 Å². The highest BCUT2D eigenvalue weighted by Gasteiger charge is 2.08. The van der Waals surface area contributed by atoms with Gasteiger partial charge < -0.3 is 5.32 Å². The molecule has 6 nitrogen and oxygen atoms in total. The second kappa shape index (κ2) is 6.11. The molecular formula is C10H20N4O2S. The molecule has 0 radical (unpaired) electrons. The lowest BCUT2D eigenvalue weighted by Gasteiger charge is -2.04. The molecule has 0 aliphatic heterocycles. The Morgan fingerprint density at radius 2 is 2.18 bits per heavy atom. The van der Waals surface area contributed by atoms with Gasteiger partial charge in [0.25, 0.3) is 0 Å². The van der Waals surface area contributed by atoms with Crippen molar-refractivity contribution in [3.8, 4) is 0 Å². The number of aromatic nitrogens is 3. The van der Waals surface area contributed by atoms with Gasteiger partial charge >= 0.3 is 0 Å². The number of rotatable bonds is 7. The van der Waals surface area contributed by atoms with Gasteiger partial charge in [-0.1, -0.05) is 20.8 Å². The molecule has 0 aliphatic rings. The van der Waals surface area contributed by atoms with Gasteiger partial charge in [0, 0.05) is 11.8 Å². The van der Waals surface area contributed by atoms with Crippen LogP contribution in [-0.2, 0) is 22.9 Å². The summed E-state index contributed by atoms with van der Waals surface area (Å²) in [7, 11) is -2.94. The topological polar surface area (TPSA) is 76.9 Å². The lowest BCUT2D eigenvalue weighted by molar-refractivity contribution is 0.558. The lowest BCUT2D eigenvalue weighted by atomic mass is 10.4. The first-order valence-corrected chi connectivity index (χ1v) is 7.57. The van der Waals surface area contributed by atoms with Crippen molar-refractivity contribution in [3.05, 3.63) is 12.2 Å². The first-order chi connectivity index (χ1) is 7.93. The highest BCUT2D eigenvalue weighted by atomic mass is 32.2. The molecule has 98 valence electrons. The van der Waals surface area contributed by atoms with E-state index in [0.717, 1.165) is 0 Å². The Morgan fingerprint density at radius 1 is 1.47 bits per heavy atom. The SMILES string of the molecule is CCS(=O)(=O)CCn1cnc(CNC(C)C)n1. The summed E-state index contributed by atoms with van der Waals surface area (Å²) in [5, 5.41) is 7.40. The maximum Gasteiger partial charge on any atom is 0.164 e. The average Bonchev–Trinajstić information content (AvgIpc) is 2.72. The Bertz CT molecular complexity index is 439. The zero-order valence-electron chi connectivity index (χ0n) is 10.5. The molecule has 0 saturated carbocycles. The largest absolute Gasteiger partial charge is 0.308 e. The summed E-state index contributed by atoms with van der Waals surface area (Å²) in [5.41, 5.74) is 0. The number of hydrogen-bond donors (Lipinski definition) is 1. The second-order valence-corrected chi connectivity index (χ2v) is 6.67. The van der Waals surface area contributed by atoms with E-state index in [0.29, 0.717) is 25.0 Å². The minimum Gasteiger partial charge on any atom is -0.308 e. The van der Waals surface area contributed by atoms with Crippen molar-refractivity contribution in [2.45, 2.75) is 39.9 Å². The third-order valence-electron chi connectivity index (χ3n) is 2.32. The maximum absolute atomic E-state index is 11.3. The van der Waals surface area contributed by atoms with E-state index in [-0.39, 0.29) is 11.5 Å². The summed E-state index contributed by atoms with van der Waals surface area (Å²) < 4.78 is 24.2. The fourth-order valence-corrected chi connectivity index (χ4v) is 1.95. The molecule has 1 aromatic heterocycles. The van der Waals surface area contributed by atoms with Gasteiger partial charge in [-0.2, -0.15) is 5.10 Å². The Labute approximate surface area is 102 Å². The number of hydrogen-bond acceptors (Lipinski definition) is 5. The standard InChI is InChI=1S/C10H20N4O2S/c1-4-17(15,16)6-5-14-8-12-10(13-14)7-11-9(2)3/h8-9,11H,4-7H2,1-3H3. The van der Waals surface area contributed by atoms with Crippen molar-refractivity contribution in [1.82, 2.24) is 20.1 Å². The summed E-state index contributed by atoms with van der Waals surface area (Å²) in [6.45, 7) is 6.71. The minimum atomic E-state index is -2.94. The van der Waals surface area contributed by atoms with Crippen LogP contribution in [0.3, 0.4) is 0 Å². The van der Waals surface area contributed by atoms with Crippen molar-refractivity contribution < 1.29 is 8.42 Å². The summed E-state index contributed by atoms with van der Waals surface area (Å²) in [6.07, 6.45) is 1.57. The third-order valence-corrected chi connectivity index (χ3v) is 4.01. The van der Waals surface area contributed by atoms with Crippen molar-refractivity contribution >= 4 is 9.84 Å². The molecule has 0 fully saturated rings. The van der Waals surface area contributed by atoms with Crippen LogP contribution in [0.15, 0.2) is 6.33 Å². The van der Waals surface area contributed by atoms with Crippen molar-refractivity contribution in [3.63, 3.8) is 0 Å². The van der Waals surface area contributed by atoms with Gasteiger partial charge in [0.15, 0.2) is 15.7 Å². The zero-order valence-corrected chi connectivity index (χ0v) is 11.4. The molecule has 0 aliphatic carbocycles. The van der Waals surface area contributed by atoms with Crippen molar-refractivity contribution in [2.75, 3.05) is 11.5 Å². The number of aryl methyl sites for hydroxylation is 1. The quantitative estimate of drug-likeness (QED) is 0.758. The lowest BCUT2D eigenvalue weighted by Crippen LogP contribution is -2.22. The van der Waals surface area contributed by atoms with Crippen LogP contribution in [0, 0.1) is 0 Å². The summed E-state index contributed by atoms with van der Waals surface area (Å²) >= 11 is 0. The maximum atomic E-state index is 11.3. The highest BCUT2D eigenvalue weighted by molar-refractivity contribution is 7.91. The Morgan fingerprint density at radius 3 is 2.76 bits per heavy atom. The van der Waals surface area contributed by atoms with Crippen LogP contribution in [0.4, 0.5) is 0 Å². The first-order valence-electron chi connectivity index (χ1n) is 5.75. The molecule has 17 heavy (non-hydrogen) atoms. The summed E-state index contributed by atoms with van der Waals surface area (Å²) in [5.74, 6) is 0.973. The summed E-state index contributed by atoms with van der Waals surface area (Å²) in [6, 6.07) is 0.377. The molecule has 0 bridgehead atoms. The average molecular weight is 260 g/mol. The number of nitrogens with zero attached hydrogens (tertiary/aromatic N) is 3. The molecule has 0 aromatic carbocycles. The molecule has 1 aromatic rings. The van der Waals surface area contributed by atoms with Gasteiger partial charge in [0.1, 0.15) is 6.33 Å². The molecule has 0 saturated heterocycles. The fraction of sp³-hybridized carbons (Fsp3) is 0.800. The molecule has 0 atom stereocenters. The van der Waals surface area contributed by atoms with E-state index in [2.05, 4.69) is 15.4 Å². The van der Waals surface area contributed by atoms with Crippen molar-refractivity contribution in [2.24, 2.45) is 0 Å². The molecule has 1 heterocycles. The molecule has 7 heteroatoms. The van der Waals surface area contributed by atoms with Crippen LogP contribution in [0.25, 0.3) is 0 Å². The predicted molar refractivity (Wildman–Crippen MR) is 66.3 cm³/mol. The number of sulfone groups is 1. The normalized spacial score (nSPS) is 12.2. The van der Waals surface area contributed by atoms with E-state index in [1.54, 1.807) is 17.9 Å². The van der Waals surface area contributed by atoms with Gasteiger partial charge in [0.2, 0.25) is 0 Å². The monoisotopic (exact) mass is 260 g/mol. The first kappa shape index (κ1) is 14.1. The Hall–Kier alpha value is -0.950. The molecular weight excluding hydrogens is 240 g/mol. The van der Waals surface area contributed by atoms with Crippen LogP contribution >= 0.6 is 0 Å². The van der Waals surface area contributed by atoms with E-state index in [1.807, 2.05) is 13.8 Å². The molecule has 0 amide bonds. The second-order valence-electron chi connectivity index (χ2n) is 4.20. The Kier molecular flexibility index (Phi) is 5.07. The minimum absolute atomic E-state index is 0.115. The van der Waals surface area contributed by atoms with Crippen LogP contribution in [-0.4, -0.2) is 40.7 Å². The van der Waals surface area contributed by atoms with Crippen LogP contribution in [0.1, 0.15) is 26.6 Å². The van der Waals surface area contributed by atoms with E-state index in [9.17, 15) is 8.42 Å². The smallest absolute Gasteiger partial charge is 0.164 e. The fourth-order valence-electron chi connectivity index (χ4n) is 1.19. The van der Waals surface area contributed by atoms with Crippen molar-refractivity contribution in [1.29, 1.82) is 0 Å². The van der Waals surface area contributed by atoms with Crippen LogP contribution < -0.4 is 5.32 Å². The molecule has 0 unspecified atom stereocenters. The Balaban J connectivity index is 2.46. The third kappa shape index (κ3) is 5.27. The predicted octanol–water partition coefficient (Wildman–Crippen LogP) is 0.211. The van der Waals surface area contributed by atoms with E-state index >= 15 is 0 Å². The zero-order chi connectivity index (χ0) is 12.9. The molecule has 1 N–H and O–H groups in total. The van der Waals surface area contributed by atoms with Gasteiger partial charge in [-0.15, -0.1) is 0 Å². The van der Waals surface area contributed by atoms with Gasteiger partial charge in [-0.05, 0) is 0 Å².